The van der Waals surface area contributed by atoms with Gasteiger partial charge in [-0.15, -0.1) is 0 Å². The molecule has 0 spiro atoms. The van der Waals surface area contributed by atoms with Gasteiger partial charge >= 0.3 is 5.97 Å². The molecule has 1 heterocycles. The van der Waals surface area contributed by atoms with Crippen molar-refractivity contribution in [2.24, 2.45) is 5.92 Å². The van der Waals surface area contributed by atoms with Crippen LogP contribution < -0.4 is 4.74 Å². The van der Waals surface area contributed by atoms with E-state index in [0.717, 1.165) is 23.1 Å². The minimum atomic E-state index is -0.384. The maximum absolute atomic E-state index is 13.1. The highest BCUT2D eigenvalue weighted by Crippen LogP contribution is 2.29. The molecular formula is C29H28N2O4. The number of amides is 1. The SMILES string of the molecule is COC(=O)C[C@@H]1C[C@@H](COc2ccc(-c3ccc(C#N)cc3)cc2)N(CCc2ccccc2)C1=O. The van der Waals surface area contributed by atoms with Crippen LogP contribution in [0.3, 0.4) is 0 Å². The second kappa shape index (κ2) is 11.3. The number of esters is 1. The average Bonchev–Trinajstić information content (AvgIpc) is 3.20. The number of benzene rings is 3. The summed E-state index contributed by atoms with van der Waals surface area (Å²) in [5.41, 5.74) is 3.84. The molecule has 0 saturated carbocycles. The van der Waals surface area contributed by atoms with E-state index in [1.165, 1.54) is 7.11 Å². The van der Waals surface area contributed by atoms with Crippen LogP contribution in [0.25, 0.3) is 11.1 Å². The second-order valence-electron chi connectivity index (χ2n) is 8.66. The van der Waals surface area contributed by atoms with Crippen molar-refractivity contribution in [1.29, 1.82) is 5.26 Å². The van der Waals surface area contributed by atoms with Crippen molar-refractivity contribution < 1.29 is 19.1 Å². The summed E-state index contributed by atoms with van der Waals surface area (Å²) in [5.74, 6) is -0.0535. The zero-order chi connectivity index (χ0) is 24.6. The molecule has 6 heteroatoms. The third-order valence-corrected chi connectivity index (χ3v) is 6.40. The maximum atomic E-state index is 13.1. The molecule has 0 aliphatic carbocycles. The molecule has 3 aromatic rings. The van der Waals surface area contributed by atoms with Gasteiger partial charge in [-0.1, -0.05) is 54.6 Å². The van der Waals surface area contributed by atoms with Crippen LogP contribution in [-0.4, -0.2) is 43.1 Å². The Labute approximate surface area is 205 Å². The predicted molar refractivity (Wildman–Crippen MR) is 132 cm³/mol. The molecule has 4 rings (SSSR count). The molecule has 0 bridgehead atoms. The van der Waals surface area contributed by atoms with Crippen LogP contribution >= 0.6 is 0 Å². The summed E-state index contributed by atoms with van der Waals surface area (Å²) in [5, 5.41) is 8.97. The summed E-state index contributed by atoms with van der Waals surface area (Å²) in [7, 11) is 1.34. The highest BCUT2D eigenvalue weighted by molar-refractivity contribution is 5.86. The van der Waals surface area contributed by atoms with Gasteiger partial charge in [-0.3, -0.25) is 9.59 Å². The highest BCUT2D eigenvalue weighted by atomic mass is 16.5. The maximum Gasteiger partial charge on any atom is 0.306 e. The third kappa shape index (κ3) is 6.07. The minimum Gasteiger partial charge on any atom is -0.491 e. The van der Waals surface area contributed by atoms with Crippen LogP contribution in [-0.2, 0) is 20.7 Å². The van der Waals surface area contributed by atoms with E-state index < -0.39 is 0 Å². The van der Waals surface area contributed by atoms with Crippen molar-refractivity contribution in [2.75, 3.05) is 20.3 Å². The fraction of sp³-hybridized carbons (Fsp3) is 0.276. The van der Waals surface area contributed by atoms with Crippen LogP contribution in [0.5, 0.6) is 5.75 Å². The van der Waals surface area contributed by atoms with E-state index in [4.69, 9.17) is 14.7 Å². The molecular weight excluding hydrogens is 440 g/mol. The summed E-state index contributed by atoms with van der Waals surface area (Å²) in [4.78, 5) is 26.8. The molecule has 1 aliphatic rings. The van der Waals surface area contributed by atoms with E-state index in [-0.39, 0.29) is 30.3 Å². The zero-order valence-electron chi connectivity index (χ0n) is 19.7. The molecule has 0 aromatic heterocycles. The molecule has 1 aliphatic heterocycles. The van der Waals surface area contributed by atoms with Gasteiger partial charge in [0.2, 0.25) is 5.91 Å². The normalized spacial score (nSPS) is 17.1. The lowest BCUT2D eigenvalue weighted by Crippen LogP contribution is -2.39. The average molecular weight is 469 g/mol. The number of ether oxygens (including phenoxy) is 2. The Morgan fingerprint density at radius 1 is 1.00 bits per heavy atom. The summed E-state index contributed by atoms with van der Waals surface area (Å²) < 4.78 is 10.9. The second-order valence-corrected chi connectivity index (χ2v) is 8.66. The molecule has 35 heavy (non-hydrogen) atoms. The molecule has 1 amide bonds. The fourth-order valence-corrected chi connectivity index (χ4v) is 4.44. The van der Waals surface area contributed by atoms with Crippen molar-refractivity contribution in [2.45, 2.75) is 25.3 Å². The monoisotopic (exact) mass is 468 g/mol. The number of hydrogen-bond acceptors (Lipinski definition) is 5. The van der Waals surface area contributed by atoms with Crippen LogP contribution in [0.4, 0.5) is 0 Å². The molecule has 2 atom stereocenters. The highest BCUT2D eigenvalue weighted by Gasteiger charge is 2.40. The summed E-state index contributed by atoms with van der Waals surface area (Å²) in [6.07, 6.45) is 1.40. The first-order chi connectivity index (χ1) is 17.1. The first-order valence-corrected chi connectivity index (χ1v) is 11.7. The largest absolute Gasteiger partial charge is 0.491 e. The van der Waals surface area contributed by atoms with Gasteiger partial charge in [0.15, 0.2) is 0 Å². The number of methoxy groups -OCH3 is 1. The van der Waals surface area contributed by atoms with Gasteiger partial charge in [-0.2, -0.15) is 5.26 Å². The smallest absolute Gasteiger partial charge is 0.306 e. The quantitative estimate of drug-likeness (QED) is 0.428. The Morgan fingerprint density at radius 3 is 2.29 bits per heavy atom. The van der Waals surface area contributed by atoms with E-state index in [2.05, 4.69) is 6.07 Å². The first kappa shape index (κ1) is 24.0. The molecule has 1 saturated heterocycles. The Hall–Kier alpha value is -4.11. The summed E-state index contributed by atoms with van der Waals surface area (Å²) in [6, 6.07) is 27.3. The standard InChI is InChI=1S/C29H28N2O4/c1-34-28(32)18-25-17-26(31(29(25)33)16-15-21-5-3-2-4-6-21)20-35-27-13-11-24(12-14-27)23-9-7-22(19-30)8-10-23/h2-14,25-26H,15-18,20H2,1H3/t25-,26-/m0/s1. The Kier molecular flexibility index (Phi) is 7.79. The lowest BCUT2D eigenvalue weighted by Gasteiger charge is -2.25. The van der Waals surface area contributed by atoms with E-state index in [0.29, 0.717) is 30.9 Å². The third-order valence-electron chi connectivity index (χ3n) is 6.40. The van der Waals surface area contributed by atoms with Crippen molar-refractivity contribution in [1.82, 2.24) is 4.90 Å². The lowest BCUT2D eigenvalue weighted by molar-refractivity contribution is -0.144. The van der Waals surface area contributed by atoms with E-state index in [1.807, 2.05) is 71.6 Å². The van der Waals surface area contributed by atoms with Crippen LogP contribution in [0.1, 0.15) is 24.0 Å². The van der Waals surface area contributed by atoms with Crippen molar-refractivity contribution in [3.8, 4) is 22.9 Å². The molecule has 3 aromatic carbocycles. The number of carbonyl (C=O) groups excluding carboxylic acids is 2. The molecule has 0 unspecified atom stereocenters. The Balaban J connectivity index is 1.41. The van der Waals surface area contributed by atoms with Gasteiger partial charge in [0.1, 0.15) is 12.4 Å². The number of likely N-dealkylation sites (tertiary alicyclic amines) is 1. The molecule has 6 nitrogen and oxygen atoms in total. The molecule has 1 fully saturated rings. The van der Waals surface area contributed by atoms with Crippen LogP contribution in [0, 0.1) is 17.2 Å². The van der Waals surface area contributed by atoms with Crippen LogP contribution in [0.15, 0.2) is 78.9 Å². The van der Waals surface area contributed by atoms with Gasteiger partial charge < -0.3 is 14.4 Å². The summed E-state index contributed by atoms with van der Waals surface area (Å²) >= 11 is 0. The predicted octanol–water partition coefficient (Wildman–Crippen LogP) is 4.63. The minimum absolute atomic E-state index is 0.0175. The van der Waals surface area contributed by atoms with Gasteiger partial charge in [0.25, 0.3) is 0 Å². The number of hydrogen-bond donors (Lipinski definition) is 0. The number of carbonyl (C=O) groups is 2. The van der Waals surface area contributed by atoms with Gasteiger partial charge in [-0.25, -0.2) is 0 Å². The Morgan fingerprint density at radius 2 is 1.66 bits per heavy atom. The Bertz CT molecular complexity index is 1180. The van der Waals surface area contributed by atoms with Crippen molar-refractivity contribution in [3.05, 3.63) is 90.0 Å². The number of nitrogens with zero attached hydrogens (tertiary/aromatic N) is 2. The van der Waals surface area contributed by atoms with E-state index in [1.54, 1.807) is 12.1 Å². The zero-order valence-corrected chi connectivity index (χ0v) is 19.7. The van der Waals surface area contributed by atoms with Crippen molar-refractivity contribution >= 4 is 11.9 Å². The van der Waals surface area contributed by atoms with Gasteiger partial charge in [0.05, 0.1) is 37.1 Å². The lowest BCUT2D eigenvalue weighted by atomic mass is 10.0. The first-order valence-electron chi connectivity index (χ1n) is 11.7. The van der Waals surface area contributed by atoms with Crippen molar-refractivity contribution in [3.63, 3.8) is 0 Å². The van der Waals surface area contributed by atoms with E-state index in [9.17, 15) is 9.59 Å². The number of nitriles is 1. The van der Waals surface area contributed by atoms with E-state index >= 15 is 0 Å². The summed E-state index contributed by atoms with van der Waals surface area (Å²) in [6.45, 7) is 0.931. The number of rotatable bonds is 9. The molecule has 0 N–H and O–H groups in total. The molecule has 0 radical (unpaired) electrons. The van der Waals surface area contributed by atoms with Gasteiger partial charge in [-0.05, 0) is 53.8 Å². The van der Waals surface area contributed by atoms with Gasteiger partial charge in [0, 0.05) is 6.54 Å². The molecule has 178 valence electrons. The fourth-order valence-electron chi connectivity index (χ4n) is 4.44. The topological polar surface area (TPSA) is 79.6 Å². The van der Waals surface area contributed by atoms with Crippen LogP contribution in [0.2, 0.25) is 0 Å².